The molecule has 1 amide bonds. The van der Waals surface area contributed by atoms with Crippen LogP contribution in [0, 0.1) is 0 Å². The number of rotatable bonds is 6. The zero-order valence-corrected chi connectivity index (χ0v) is 16.9. The van der Waals surface area contributed by atoms with Gasteiger partial charge in [-0.15, -0.1) is 36.2 Å². The van der Waals surface area contributed by atoms with Crippen molar-refractivity contribution in [2.45, 2.75) is 13.3 Å². The molecule has 1 aliphatic rings. The molecule has 1 aromatic heterocycles. The van der Waals surface area contributed by atoms with Gasteiger partial charge in [-0.3, -0.25) is 4.79 Å². The smallest absolute Gasteiger partial charge is 0.271 e. The number of amides is 1. The highest BCUT2D eigenvalue weighted by Crippen LogP contribution is 2.25. The summed E-state index contributed by atoms with van der Waals surface area (Å²) in [6, 6.07) is 7.77. The summed E-state index contributed by atoms with van der Waals surface area (Å²) in [6.07, 6.45) is 3.12. The fraction of sp³-hybridized carbons (Fsp3) is 0.333. The Hall–Kier alpha value is -1.60. The third-order valence-corrected chi connectivity index (χ3v) is 4.67. The summed E-state index contributed by atoms with van der Waals surface area (Å²) in [5.74, 6) is 0.717. The lowest BCUT2D eigenvalue weighted by molar-refractivity contribution is 0.0952. The van der Waals surface area contributed by atoms with Crippen LogP contribution in [-0.2, 0) is 0 Å². The first-order valence-corrected chi connectivity index (χ1v) is 9.00. The van der Waals surface area contributed by atoms with Crippen molar-refractivity contribution in [3.8, 4) is 16.3 Å². The molecule has 26 heavy (non-hydrogen) atoms. The Labute approximate surface area is 170 Å². The van der Waals surface area contributed by atoms with Gasteiger partial charge in [0.1, 0.15) is 16.5 Å². The van der Waals surface area contributed by atoms with Crippen LogP contribution in [0.25, 0.3) is 10.6 Å². The van der Waals surface area contributed by atoms with Gasteiger partial charge in [0.15, 0.2) is 0 Å². The fourth-order valence-electron chi connectivity index (χ4n) is 2.49. The molecule has 0 spiro atoms. The molecule has 0 saturated heterocycles. The minimum Gasteiger partial charge on any atom is -0.494 e. The summed E-state index contributed by atoms with van der Waals surface area (Å²) in [6.45, 7) is 5.05. The number of hydrogen-bond acceptors (Lipinski definition) is 5. The topological polar surface area (TPSA) is 63.2 Å². The number of benzene rings is 1. The van der Waals surface area contributed by atoms with Crippen LogP contribution < -0.4 is 15.4 Å². The van der Waals surface area contributed by atoms with Crippen molar-refractivity contribution < 1.29 is 9.53 Å². The molecule has 8 heteroatoms. The molecule has 1 aromatic carbocycles. The Kier molecular flexibility index (Phi) is 9.65. The van der Waals surface area contributed by atoms with Gasteiger partial charge in [0.05, 0.1) is 6.61 Å². The van der Waals surface area contributed by atoms with Crippen molar-refractivity contribution in [3.63, 3.8) is 0 Å². The van der Waals surface area contributed by atoms with Gasteiger partial charge >= 0.3 is 0 Å². The molecule has 0 saturated carbocycles. The third-order valence-electron chi connectivity index (χ3n) is 3.78. The van der Waals surface area contributed by atoms with Crippen LogP contribution in [-0.4, -0.2) is 37.1 Å². The minimum atomic E-state index is -0.122. The average molecular weight is 416 g/mol. The minimum absolute atomic E-state index is 0. The molecule has 0 atom stereocenters. The quantitative estimate of drug-likeness (QED) is 0.705. The molecule has 1 aliphatic heterocycles. The van der Waals surface area contributed by atoms with Crippen molar-refractivity contribution in [2.75, 3.05) is 26.2 Å². The maximum Gasteiger partial charge on any atom is 0.271 e. The van der Waals surface area contributed by atoms with Crippen molar-refractivity contribution >= 4 is 42.1 Å². The first-order chi connectivity index (χ1) is 11.8. The second-order valence-corrected chi connectivity index (χ2v) is 6.35. The van der Waals surface area contributed by atoms with E-state index in [1.54, 1.807) is 5.38 Å². The zero-order chi connectivity index (χ0) is 16.8. The number of aromatic nitrogens is 1. The molecule has 2 aromatic rings. The lowest BCUT2D eigenvalue weighted by atomic mass is 10.1. The number of ether oxygens (including phenoxy) is 1. The van der Waals surface area contributed by atoms with Crippen molar-refractivity contribution in [1.82, 2.24) is 15.6 Å². The van der Waals surface area contributed by atoms with Gasteiger partial charge in [-0.1, -0.05) is 11.6 Å². The molecule has 0 aliphatic carbocycles. The Balaban J connectivity index is 0.00000169. The normalized spacial score (nSPS) is 13.0. The van der Waals surface area contributed by atoms with Crippen LogP contribution in [0.4, 0.5) is 0 Å². The van der Waals surface area contributed by atoms with Gasteiger partial charge in [0.25, 0.3) is 5.91 Å². The molecule has 0 fully saturated rings. The second-order valence-electron chi connectivity index (χ2n) is 5.49. The summed E-state index contributed by atoms with van der Waals surface area (Å²) in [4.78, 5) is 16.7. The van der Waals surface area contributed by atoms with E-state index in [0.717, 1.165) is 35.8 Å². The molecule has 2 heterocycles. The van der Waals surface area contributed by atoms with Gasteiger partial charge < -0.3 is 15.4 Å². The van der Waals surface area contributed by atoms with Gasteiger partial charge in [0, 0.05) is 24.0 Å². The monoisotopic (exact) mass is 415 g/mol. The van der Waals surface area contributed by atoms with E-state index >= 15 is 0 Å². The van der Waals surface area contributed by atoms with Crippen molar-refractivity contribution in [3.05, 3.63) is 47.0 Å². The lowest BCUT2D eigenvalue weighted by Crippen LogP contribution is -2.29. The highest BCUT2D eigenvalue weighted by molar-refractivity contribution is 7.13. The summed E-state index contributed by atoms with van der Waals surface area (Å²) >= 11 is 1.47. The molecule has 5 nitrogen and oxygen atoms in total. The second kappa shape index (κ2) is 11.2. The van der Waals surface area contributed by atoms with Gasteiger partial charge in [-0.05, 0) is 44.2 Å². The van der Waals surface area contributed by atoms with Crippen LogP contribution in [0.3, 0.4) is 0 Å². The lowest BCUT2D eigenvalue weighted by Gasteiger charge is -2.14. The van der Waals surface area contributed by atoms with E-state index in [2.05, 4.69) is 21.7 Å². The number of thiazole rings is 1. The van der Waals surface area contributed by atoms with Crippen LogP contribution in [0.5, 0.6) is 5.75 Å². The maximum absolute atomic E-state index is 12.2. The van der Waals surface area contributed by atoms with Crippen LogP contribution in [0.2, 0.25) is 0 Å². The maximum atomic E-state index is 12.2. The Bertz CT molecular complexity index is 732. The number of carbonyl (C=O) groups excluding carboxylic acids is 1. The Morgan fingerprint density at radius 2 is 2.08 bits per heavy atom. The van der Waals surface area contributed by atoms with Crippen molar-refractivity contribution in [2.24, 2.45) is 0 Å². The number of nitrogens with one attached hydrogen (secondary N) is 2. The largest absolute Gasteiger partial charge is 0.494 e. The molecule has 0 bridgehead atoms. The molecule has 0 unspecified atom stereocenters. The number of carbonyl (C=O) groups is 1. The van der Waals surface area contributed by atoms with E-state index in [4.69, 9.17) is 4.74 Å². The highest BCUT2D eigenvalue weighted by Gasteiger charge is 2.12. The van der Waals surface area contributed by atoms with Gasteiger partial charge in [0.2, 0.25) is 0 Å². The summed E-state index contributed by atoms with van der Waals surface area (Å²) < 4.78 is 5.44. The molecular weight excluding hydrogens is 393 g/mol. The first kappa shape index (κ1) is 22.4. The van der Waals surface area contributed by atoms with E-state index in [-0.39, 0.29) is 30.7 Å². The molecule has 0 radical (unpaired) electrons. The van der Waals surface area contributed by atoms with Gasteiger partial charge in [-0.25, -0.2) is 4.98 Å². The Morgan fingerprint density at radius 1 is 1.31 bits per heavy atom. The Morgan fingerprint density at radius 3 is 2.73 bits per heavy atom. The summed E-state index contributed by atoms with van der Waals surface area (Å²) in [5.41, 5.74) is 2.73. The summed E-state index contributed by atoms with van der Waals surface area (Å²) in [7, 11) is 0. The average Bonchev–Trinajstić information content (AvgIpc) is 3.12. The number of halogens is 2. The van der Waals surface area contributed by atoms with E-state index in [1.807, 2.05) is 31.2 Å². The van der Waals surface area contributed by atoms with Gasteiger partial charge in [-0.2, -0.15) is 0 Å². The van der Waals surface area contributed by atoms with E-state index in [1.165, 1.54) is 16.9 Å². The van der Waals surface area contributed by atoms with Crippen LogP contribution in [0.15, 0.2) is 41.3 Å². The molecular formula is C18H23Cl2N3O2S. The third kappa shape index (κ3) is 5.99. The van der Waals surface area contributed by atoms with Crippen LogP contribution >= 0.6 is 36.2 Å². The SMILES string of the molecule is CCOc1ccc(-c2nc(C(=O)NCC3=CCNCC3)cs2)cc1.Cl.Cl. The fourth-order valence-corrected chi connectivity index (χ4v) is 3.29. The summed E-state index contributed by atoms with van der Waals surface area (Å²) in [5, 5.41) is 8.85. The highest BCUT2D eigenvalue weighted by atomic mass is 35.5. The zero-order valence-electron chi connectivity index (χ0n) is 14.5. The van der Waals surface area contributed by atoms with E-state index < -0.39 is 0 Å². The predicted molar refractivity (Wildman–Crippen MR) is 111 cm³/mol. The van der Waals surface area contributed by atoms with E-state index in [0.29, 0.717) is 18.8 Å². The standard InChI is InChI=1S/C18H21N3O2S.2ClH/c1-2-23-15-5-3-14(4-6-15)18-21-16(12-24-18)17(22)20-11-13-7-9-19-10-8-13;;/h3-7,12,19H,2,8-11H2,1H3,(H,20,22);2*1H. The first-order valence-electron chi connectivity index (χ1n) is 8.12. The van der Waals surface area contributed by atoms with Crippen molar-refractivity contribution in [1.29, 1.82) is 0 Å². The van der Waals surface area contributed by atoms with E-state index in [9.17, 15) is 4.79 Å². The predicted octanol–water partition coefficient (Wildman–Crippen LogP) is 3.70. The molecule has 2 N–H and O–H groups in total. The number of nitrogens with zero attached hydrogens (tertiary/aromatic N) is 1. The number of hydrogen-bond donors (Lipinski definition) is 2. The van der Waals surface area contributed by atoms with Crippen LogP contribution in [0.1, 0.15) is 23.8 Å². The molecule has 142 valence electrons. The molecule has 3 rings (SSSR count).